The van der Waals surface area contributed by atoms with E-state index in [4.69, 9.17) is 5.73 Å². The Balaban J connectivity index is 1.81. The summed E-state index contributed by atoms with van der Waals surface area (Å²) in [5.41, 5.74) is 7.06. The summed E-state index contributed by atoms with van der Waals surface area (Å²) in [6, 6.07) is 11.4. The number of likely N-dealkylation sites (N-methyl/N-ethyl adjacent to an activating group) is 1. The van der Waals surface area contributed by atoms with Gasteiger partial charge < -0.3 is 10.6 Å². The van der Waals surface area contributed by atoms with Gasteiger partial charge in [0.1, 0.15) is 0 Å². The summed E-state index contributed by atoms with van der Waals surface area (Å²) in [6.45, 7) is 5.23. The van der Waals surface area contributed by atoms with Gasteiger partial charge in [-0.05, 0) is 32.0 Å². The smallest absolute Gasteiger partial charge is 0.0231 e. The van der Waals surface area contributed by atoms with Crippen LogP contribution in [0.2, 0.25) is 0 Å². The number of nitrogens with two attached hydrogens (primary N) is 1. The average Bonchev–Trinajstić information content (AvgIpc) is 2.78. The van der Waals surface area contributed by atoms with E-state index in [-0.39, 0.29) is 0 Å². The highest BCUT2D eigenvalue weighted by atomic mass is 15.2. The Labute approximate surface area is 111 Å². The maximum absolute atomic E-state index is 5.67. The molecule has 0 unspecified atom stereocenters. The van der Waals surface area contributed by atoms with Crippen LogP contribution in [-0.2, 0) is 6.54 Å². The summed E-state index contributed by atoms with van der Waals surface area (Å²) in [7, 11) is 2.21. The van der Waals surface area contributed by atoms with Crippen molar-refractivity contribution in [3.63, 3.8) is 0 Å². The van der Waals surface area contributed by atoms with Crippen LogP contribution in [0.4, 0.5) is 0 Å². The van der Waals surface area contributed by atoms with Crippen LogP contribution >= 0.6 is 0 Å². The third-order valence-electron chi connectivity index (χ3n) is 3.73. The van der Waals surface area contributed by atoms with Crippen LogP contribution in [0.3, 0.4) is 0 Å². The van der Waals surface area contributed by atoms with Crippen molar-refractivity contribution < 1.29 is 0 Å². The summed E-state index contributed by atoms with van der Waals surface area (Å²) < 4.78 is 0. The molecule has 1 saturated heterocycles. The topological polar surface area (TPSA) is 32.5 Å². The van der Waals surface area contributed by atoms with Crippen molar-refractivity contribution in [3.8, 4) is 0 Å². The first-order chi connectivity index (χ1) is 8.79. The van der Waals surface area contributed by atoms with Gasteiger partial charge in [0.2, 0.25) is 0 Å². The Morgan fingerprint density at radius 1 is 1.33 bits per heavy atom. The minimum Gasteiger partial charge on any atom is -0.329 e. The van der Waals surface area contributed by atoms with Crippen molar-refractivity contribution in [2.45, 2.75) is 25.4 Å². The molecule has 1 atom stereocenters. The van der Waals surface area contributed by atoms with Gasteiger partial charge in [0.05, 0.1) is 0 Å². The molecule has 1 aromatic rings. The van der Waals surface area contributed by atoms with E-state index in [0.717, 1.165) is 26.2 Å². The van der Waals surface area contributed by atoms with Gasteiger partial charge in [0.25, 0.3) is 0 Å². The van der Waals surface area contributed by atoms with Gasteiger partial charge >= 0.3 is 0 Å². The molecule has 0 radical (unpaired) electrons. The fourth-order valence-electron chi connectivity index (χ4n) is 2.88. The van der Waals surface area contributed by atoms with Gasteiger partial charge in [-0.3, -0.25) is 4.90 Å². The molecule has 1 aliphatic heterocycles. The number of likely N-dealkylation sites (tertiary alicyclic amines) is 1. The first-order valence-electron chi connectivity index (χ1n) is 6.96. The van der Waals surface area contributed by atoms with Crippen LogP contribution < -0.4 is 5.73 Å². The van der Waals surface area contributed by atoms with Gasteiger partial charge in [-0.15, -0.1) is 0 Å². The third kappa shape index (κ3) is 3.80. The monoisotopic (exact) mass is 247 g/mol. The second-order valence-corrected chi connectivity index (χ2v) is 5.30. The molecule has 0 aromatic heterocycles. The average molecular weight is 247 g/mol. The van der Waals surface area contributed by atoms with Crippen molar-refractivity contribution in [2.75, 3.05) is 33.2 Å². The van der Waals surface area contributed by atoms with Crippen molar-refractivity contribution in [1.29, 1.82) is 0 Å². The lowest BCUT2D eigenvalue weighted by atomic mass is 10.2. The fourth-order valence-corrected chi connectivity index (χ4v) is 2.88. The molecular formula is C15H25N3. The lowest BCUT2D eigenvalue weighted by molar-refractivity contribution is 0.191. The number of rotatable bonds is 6. The predicted octanol–water partition coefficient (Wildman–Crippen LogP) is 1.54. The van der Waals surface area contributed by atoms with Gasteiger partial charge in [0, 0.05) is 32.2 Å². The third-order valence-corrected chi connectivity index (χ3v) is 3.73. The largest absolute Gasteiger partial charge is 0.329 e. The number of hydrogen-bond acceptors (Lipinski definition) is 3. The van der Waals surface area contributed by atoms with Gasteiger partial charge in [0.15, 0.2) is 0 Å². The molecule has 3 nitrogen and oxygen atoms in total. The molecule has 0 amide bonds. The predicted molar refractivity (Wildman–Crippen MR) is 76.4 cm³/mol. The molecule has 1 heterocycles. The lowest BCUT2D eigenvalue weighted by Gasteiger charge is -2.28. The van der Waals surface area contributed by atoms with Crippen molar-refractivity contribution in [2.24, 2.45) is 5.73 Å². The zero-order valence-corrected chi connectivity index (χ0v) is 11.4. The lowest BCUT2D eigenvalue weighted by Crippen LogP contribution is -2.40. The van der Waals surface area contributed by atoms with Crippen LogP contribution in [-0.4, -0.2) is 49.1 Å². The Morgan fingerprint density at radius 2 is 2.11 bits per heavy atom. The van der Waals surface area contributed by atoms with Gasteiger partial charge in [-0.25, -0.2) is 0 Å². The SMILES string of the molecule is CN(Cc1ccccc1)C[C@H]1CCCN1CCN. The van der Waals surface area contributed by atoms with E-state index >= 15 is 0 Å². The molecule has 1 fully saturated rings. The molecule has 0 spiro atoms. The minimum absolute atomic E-state index is 0.697. The van der Waals surface area contributed by atoms with Crippen LogP contribution in [0.1, 0.15) is 18.4 Å². The number of hydrogen-bond donors (Lipinski definition) is 1. The summed E-state index contributed by atoms with van der Waals surface area (Å²) >= 11 is 0. The van der Waals surface area contributed by atoms with E-state index in [0.29, 0.717) is 6.04 Å². The number of benzene rings is 1. The van der Waals surface area contributed by atoms with E-state index < -0.39 is 0 Å². The Hall–Kier alpha value is -0.900. The van der Waals surface area contributed by atoms with Crippen molar-refractivity contribution in [3.05, 3.63) is 35.9 Å². The molecule has 1 aromatic carbocycles. The first kappa shape index (κ1) is 13.5. The normalized spacial score (nSPS) is 20.7. The molecule has 0 saturated carbocycles. The molecule has 2 N–H and O–H groups in total. The Bertz CT molecular complexity index is 339. The molecule has 0 bridgehead atoms. The molecule has 2 rings (SSSR count). The van der Waals surface area contributed by atoms with Crippen molar-refractivity contribution in [1.82, 2.24) is 9.80 Å². The van der Waals surface area contributed by atoms with Gasteiger partial charge in [-0.1, -0.05) is 30.3 Å². The minimum atomic E-state index is 0.697. The highest BCUT2D eigenvalue weighted by Gasteiger charge is 2.24. The molecule has 100 valence electrons. The van der Waals surface area contributed by atoms with Crippen LogP contribution in [0.15, 0.2) is 30.3 Å². The summed E-state index contributed by atoms with van der Waals surface area (Å²) in [5, 5.41) is 0. The second-order valence-electron chi connectivity index (χ2n) is 5.30. The quantitative estimate of drug-likeness (QED) is 0.827. The Kier molecular flexibility index (Phi) is 5.17. The van der Waals surface area contributed by atoms with E-state index in [1.807, 2.05) is 0 Å². The molecule has 0 aliphatic carbocycles. The Morgan fingerprint density at radius 3 is 2.83 bits per heavy atom. The second kappa shape index (κ2) is 6.88. The summed E-state index contributed by atoms with van der Waals surface area (Å²) in [5.74, 6) is 0. The van der Waals surface area contributed by atoms with E-state index in [2.05, 4.69) is 47.2 Å². The summed E-state index contributed by atoms with van der Waals surface area (Å²) in [6.07, 6.45) is 2.64. The van der Waals surface area contributed by atoms with Crippen LogP contribution in [0, 0.1) is 0 Å². The van der Waals surface area contributed by atoms with E-state index in [1.54, 1.807) is 0 Å². The van der Waals surface area contributed by atoms with E-state index in [9.17, 15) is 0 Å². The zero-order valence-electron chi connectivity index (χ0n) is 11.4. The maximum atomic E-state index is 5.67. The highest BCUT2D eigenvalue weighted by Crippen LogP contribution is 2.17. The molecule has 18 heavy (non-hydrogen) atoms. The van der Waals surface area contributed by atoms with Crippen LogP contribution in [0.25, 0.3) is 0 Å². The number of nitrogens with zero attached hydrogens (tertiary/aromatic N) is 2. The maximum Gasteiger partial charge on any atom is 0.0231 e. The van der Waals surface area contributed by atoms with Crippen LogP contribution in [0.5, 0.6) is 0 Å². The van der Waals surface area contributed by atoms with E-state index in [1.165, 1.54) is 24.9 Å². The molecule has 1 aliphatic rings. The zero-order chi connectivity index (χ0) is 12.8. The summed E-state index contributed by atoms with van der Waals surface area (Å²) in [4.78, 5) is 4.97. The molecule has 3 heteroatoms. The van der Waals surface area contributed by atoms with Gasteiger partial charge in [-0.2, -0.15) is 0 Å². The standard InChI is InChI=1S/C15H25N3/c1-17(12-14-6-3-2-4-7-14)13-15-8-5-10-18(15)11-9-16/h2-4,6-7,15H,5,8-13,16H2,1H3/t15-/m1/s1. The van der Waals surface area contributed by atoms with Crippen molar-refractivity contribution >= 4 is 0 Å². The first-order valence-corrected chi connectivity index (χ1v) is 6.96. The fraction of sp³-hybridized carbons (Fsp3) is 0.600. The highest BCUT2D eigenvalue weighted by molar-refractivity contribution is 5.14. The molecular weight excluding hydrogens is 222 g/mol.